The molecule has 2 bridgehead atoms. The van der Waals surface area contributed by atoms with Crippen molar-refractivity contribution in [2.45, 2.75) is 6.10 Å². The van der Waals surface area contributed by atoms with Gasteiger partial charge in [-0.15, -0.1) is 0 Å². The molecular weight excluding hydrogens is 144 g/mol. The minimum atomic E-state index is -0.743. The number of aliphatic carboxylic acids is 1. The molecule has 0 spiro atoms. The zero-order valence-corrected chi connectivity index (χ0v) is 5.77. The van der Waals surface area contributed by atoms with E-state index < -0.39 is 17.5 Å². The number of aliphatic hydroxyl groups excluding tert-OH is 1. The first-order valence-electron chi connectivity index (χ1n) is 4.14. The fourth-order valence-corrected chi connectivity index (χ4v) is 4.32. The molecule has 5 saturated carbocycles. The van der Waals surface area contributed by atoms with E-state index in [-0.39, 0.29) is 0 Å². The minimum absolute atomic E-state index is 0.380. The van der Waals surface area contributed by atoms with Crippen molar-refractivity contribution in [2.24, 2.45) is 35.0 Å². The van der Waals surface area contributed by atoms with E-state index in [1.807, 2.05) is 0 Å². The summed E-state index contributed by atoms with van der Waals surface area (Å²) in [6.07, 6.45) is -0.495. The number of rotatable bonds is 1. The monoisotopic (exact) mass is 152 g/mol. The summed E-state index contributed by atoms with van der Waals surface area (Å²) in [5, 5.41) is 18.5. The van der Waals surface area contributed by atoms with E-state index in [1.165, 1.54) is 0 Å². The van der Waals surface area contributed by atoms with Gasteiger partial charge in [-0.1, -0.05) is 0 Å². The first-order chi connectivity index (χ1) is 5.22. The summed E-state index contributed by atoms with van der Waals surface area (Å²) in [6.45, 7) is 0. The van der Waals surface area contributed by atoms with Gasteiger partial charge in [-0.3, -0.25) is 4.79 Å². The maximum atomic E-state index is 10.9. The highest BCUT2D eigenvalue weighted by atomic mass is 16.4. The Bertz CT molecular complexity index is 282. The van der Waals surface area contributed by atoms with Gasteiger partial charge in [0.15, 0.2) is 0 Å². The lowest BCUT2D eigenvalue weighted by atomic mass is 10.0. The molecule has 0 heterocycles. The lowest BCUT2D eigenvalue weighted by molar-refractivity contribution is -0.147. The van der Waals surface area contributed by atoms with Crippen LogP contribution in [0.25, 0.3) is 0 Å². The molecular formula is C8H8O3. The van der Waals surface area contributed by atoms with Crippen LogP contribution in [0.2, 0.25) is 0 Å². The maximum absolute atomic E-state index is 10.9. The second-order valence-electron chi connectivity index (χ2n) is 4.47. The molecule has 0 saturated heterocycles. The summed E-state index contributed by atoms with van der Waals surface area (Å²) in [4.78, 5) is 10.9. The molecule has 0 aliphatic heterocycles. The Morgan fingerprint density at radius 1 is 1.18 bits per heavy atom. The zero-order valence-electron chi connectivity index (χ0n) is 5.77. The number of hydrogen-bond donors (Lipinski definition) is 2. The molecule has 0 aromatic rings. The Balaban J connectivity index is 1.94. The zero-order chi connectivity index (χ0) is 7.54. The van der Waals surface area contributed by atoms with E-state index in [9.17, 15) is 9.90 Å². The van der Waals surface area contributed by atoms with E-state index >= 15 is 0 Å². The van der Waals surface area contributed by atoms with E-state index in [0.29, 0.717) is 29.6 Å². The SMILES string of the molecule is O=C(O)C12C(O)C3C4C3C1C42. The van der Waals surface area contributed by atoms with Crippen LogP contribution in [0, 0.1) is 35.0 Å². The molecule has 5 atom stereocenters. The second kappa shape index (κ2) is 0.959. The van der Waals surface area contributed by atoms with Gasteiger partial charge in [0.2, 0.25) is 0 Å². The summed E-state index contributed by atoms with van der Waals surface area (Å²) in [6, 6.07) is 0. The lowest BCUT2D eigenvalue weighted by Crippen LogP contribution is -2.28. The van der Waals surface area contributed by atoms with Gasteiger partial charge in [0.1, 0.15) is 5.41 Å². The molecule has 3 nitrogen and oxygen atoms in total. The van der Waals surface area contributed by atoms with E-state index in [2.05, 4.69) is 0 Å². The van der Waals surface area contributed by atoms with Crippen molar-refractivity contribution in [1.29, 1.82) is 0 Å². The van der Waals surface area contributed by atoms with Crippen LogP contribution >= 0.6 is 0 Å². The molecule has 0 aromatic carbocycles. The molecule has 58 valence electrons. The van der Waals surface area contributed by atoms with Crippen LogP contribution in [-0.2, 0) is 4.79 Å². The Hall–Kier alpha value is -0.570. The molecule has 11 heavy (non-hydrogen) atoms. The van der Waals surface area contributed by atoms with Crippen LogP contribution in [0.15, 0.2) is 0 Å². The molecule has 3 heteroatoms. The van der Waals surface area contributed by atoms with Crippen molar-refractivity contribution in [3.8, 4) is 0 Å². The Kier molecular flexibility index (Phi) is 0.448. The molecule has 5 unspecified atom stereocenters. The molecule has 5 fully saturated rings. The number of aliphatic hydroxyl groups is 1. The third kappa shape index (κ3) is 0.231. The maximum Gasteiger partial charge on any atom is 0.312 e. The summed E-state index contributed by atoms with van der Waals surface area (Å²) >= 11 is 0. The predicted molar refractivity (Wildman–Crippen MR) is 33.5 cm³/mol. The molecule has 0 amide bonds. The fourth-order valence-electron chi connectivity index (χ4n) is 4.32. The summed E-state index contributed by atoms with van der Waals surface area (Å²) in [5.74, 6) is 1.64. The number of carboxylic acids is 1. The third-order valence-electron chi connectivity index (χ3n) is 4.63. The normalized spacial score (nSPS) is 78.6. The smallest absolute Gasteiger partial charge is 0.312 e. The van der Waals surface area contributed by atoms with Gasteiger partial charge >= 0.3 is 5.97 Å². The van der Waals surface area contributed by atoms with Crippen molar-refractivity contribution in [3.05, 3.63) is 0 Å². The Morgan fingerprint density at radius 3 is 1.91 bits per heavy atom. The van der Waals surface area contributed by atoms with Crippen LogP contribution in [0.5, 0.6) is 0 Å². The van der Waals surface area contributed by atoms with Crippen molar-refractivity contribution in [2.75, 3.05) is 0 Å². The summed E-state index contributed by atoms with van der Waals surface area (Å²) in [5.41, 5.74) is -0.639. The van der Waals surface area contributed by atoms with Gasteiger partial charge in [0.05, 0.1) is 6.10 Å². The predicted octanol–water partition coefficient (Wildman–Crippen LogP) is -0.446. The van der Waals surface area contributed by atoms with Gasteiger partial charge in [-0.2, -0.15) is 0 Å². The highest BCUT2D eigenvalue weighted by molar-refractivity contribution is 5.85. The van der Waals surface area contributed by atoms with E-state index in [4.69, 9.17) is 5.11 Å². The minimum Gasteiger partial charge on any atom is -0.481 e. The van der Waals surface area contributed by atoms with Crippen molar-refractivity contribution >= 4 is 5.97 Å². The highest BCUT2D eigenvalue weighted by Crippen LogP contribution is 2.97. The molecule has 5 rings (SSSR count). The number of carboxylic acid groups (broad SMARTS) is 1. The van der Waals surface area contributed by atoms with Crippen LogP contribution in [0.3, 0.4) is 0 Å². The van der Waals surface area contributed by atoms with Gasteiger partial charge in [0.25, 0.3) is 0 Å². The van der Waals surface area contributed by atoms with Gasteiger partial charge < -0.3 is 10.2 Å². The first kappa shape index (κ1) is 5.14. The van der Waals surface area contributed by atoms with E-state index in [1.54, 1.807) is 0 Å². The molecule has 5 aliphatic rings. The largest absolute Gasteiger partial charge is 0.481 e. The standard InChI is InChI=1S/C8H8O3/c9-6-3-1-2(3)5-4(1)8(5,6)7(10)11/h1-6,9H,(H,10,11). The third-order valence-corrected chi connectivity index (χ3v) is 4.63. The summed E-state index contributed by atoms with van der Waals surface area (Å²) < 4.78 is 0. The fraction of sp³-hybridized carbons (Fsp3) is 0.875. The topological polar surface area (TPSA) is 57.5 Å². The van der Waals surface area contributed by atoms with Crippen molar-refractivity contribution < 1.29 is 15.0 Å². The molecule has 0 aromatic heterocycles. The van der Waals surface area contributed by atoms with E-state index in [0.717, 1.165) is 0 Å². The second-order valence-corrected chi connectivity index (χ2v) is 4.47. The quantitative estimate of drug-likeness (QED) is 0.535. The number of hydrogen-bond acceptors (Lipinski definition) is 2. The molecule has 5 aliphatic carbocycles. The highest BCUT2D eigenvalue weighted by Gasteiger charge is 3.01. The van der Waals surface area contributed by atoms with Gasteiger partial charge in [0, 0.05) is 0 Å². The van der Waals surface area contributed by atoms with Crippen LogP contribution in [0.1, 0.15) is 0 Å². The lowest BCUT2D eigenvalue weighted by Gasteiger charge is -2.10. The number of carbonyl (C=O) groups is 1. The summed E-state index contributed by atoms with van der Waals surface area (Å²) in [7, 11) is 0. The van der Waals surface area contributed by atoms with Gasteiger partial charge in [-0.05, 0) is 29.6 Å². The van der Waals surface area contributed by atoms with Crippen LogP contribution in [-0.4, -0.2) is 22.3 Å². The first-order valence-corrected chi connectivity index (χ1v) is 4.14. The van der Waals surface area contributed by atoms with Crippen LogP contribution < -0.4 is 0 Å². The van der Waals surface area contributed by atoms with Gasteiger partial charge in [-0.25, -0.2) is 0 Å². The Labute approximate surface area is 63.0 Å². The van der Waals surface area contributed by atoms with Crippen molar-refractivity contribution in [3.63, 3.8) is 0 Å². The molecule has 0 radical (unpaired) electrons. The van der Waals surface area contributed by atoms with Crippen molar-refractivity contribution in [1.82, 2.24) is 0 Å². The van der Waals surface area contributed by atoms with Crippen LogP contribution in [0.4, 0.5) is 0 Å². The average molecular weight is 152 g/mol. The molecule has 2 N–H and O–H groups in total. The average Bonchev–Trinajstić information content (AvgIpc) is 2.57. The Morgan fingerprint density at radius 2 is 1.73 bits per heavy atom.